The molecular weight excluding hydrogens is 526 g/mol. The normalized spacial score (nSPS) is 11.8. The Balaban J connectivity index is 2.11. The summed E-state index contributed by atoms with van der Waals surface area (Å²) in [6.07, 6.45) is 5.46. The van der Waals surface area contributed by atoms with Gasteiger partial charge in [0, 0.05) is 28.6 Å². The van der Waals surface area contributed by atoms with Crippen molar-refractivity contribution >= 4 is 23.2 Å². The lowest BCUT2D eigenvalue weighted by atomic mass is 10.0. The van der Waals surface area contributed by atoms with Crippen molar-refractivity contribution in [1.29, 1.82) is 0 Å². The molecule has 11 nitrogen and oxygen atoms in total. The number of carboxylic acids is 2. The number of carbonyl (C=O) groups is 2. The number of H-pyrrole nitrogens is 1. The van der Waals surface area contributed by atoms with E-state index in [1.54, 1.807) is 49.4 Å². The Kier molecular flexibility index (Phi) is 7.90. The van der Waals surface area contributed by atoms with Crippen molar-refractivity contribution in [3.05, 3.63) is 123 Å². The standard InChI is InChI=1S/C30H25N5O6/c1-4-18(28(37)38)6-5-16(2)23-24(19-11-13-22(31)14-12-19)32-25(20-7-9-21(10-8-20)29(39)40)26(33-23)35-15-17(3)27(36)34-30(35)41/h4-15H,1,31H2,2-3H3,(H,37,38)(H,39,40)(H,34,36,41)/b16-5+,18-6+. The van der Waals surface area contributed by atoms with Crippen molar-refractivity contribution in [3.8, 4) is 28.3 Å². The summed E-state index contributed by atoms with van der Waals surface area (Å²) in [5, 5.41) is 18.7. The third-order valence-electron chi connectivity index (χ3n) is 6.17. The maximum atomic E-state index is 13.0. The van der Waals surface area contributed by atoms with Crippen molar-refractivity contribution in [3.63, 3.8) is 0 Å². The molecule has 0 amide bonds. The molecule has 5 N–H and O–H groups in total. The monoisotopic (exact) mass is 551 g/mol. The van der Waals surface area contributed by atoms with Gasteiger partial charge in [0.05, 0.1) is 22.5 Å². The summed E-state index contributed by atoms with van der Waals surface area (Å²) in [6, 6.07) is 12.7. The summed E-state index contributed by atoms with van der Waals surface area (Å²) >= 11 is 0. The molecule has 0 aliphatic carbocycles. The van der Waals surface area contributed by atoms with Crippen LogP contribution in [-0.4, -0.2) is 41.7 Å². The molecule has 0 unspecified atom stereocenters. The fourth-order valence-corrected chi connectivity index (χ4v) is 3.92. The number of aryl methyl sites for hydroxylation is 1. The highest BCUT2D eigenvalue weighted by molar-refractivity contribution is 5.91. The highest BCUT2D eigenvalue weighted by atomic mass is 16.4. The minimum Gasteiger partial charge on any atom is -0.478 e. The molecule has 0 saturated carbocycles. The van der Waals surface area contributed by atoms with Gasteiger partial charge in [-0.25, -0.2) is 24.4 Å². The van der Waals surface area contributed by atoms with Crippen molar-refractivity contribution in [2.75, 3.05) is 5.73 Å². The zero-order valence-electron chi connectivity index (χ0n) is 22.1. The number of anilines is 1. The third-order valence-corrected chi connectivity index (χ3v) is 6.17. The van der Waals surface area contributed by atoms with Crippen molar-refractivity contribution in [1.82, 2.24) is 19.5 Å². The zero-order chi connectivity index (χ0) is 29.8. The molecule has 2 heterocycles. The summed E-state index contributed by atoms with van der Waals surface area (Å²) in [5.74, 6) is -2.21. The van der Waals surface area contributed by atoms with Gasteiger partial charge in [-0.15, -0.1) is 0 Å². The largest absolute Gasteiger partial charge is 0.478 e. The lowest BCUT2D eigenvalue weighted by Gasteiger charge is -2.17. The molecule has 4 rings (SSSR count). The maximum Gasteiger partial charge on any atom is 0.335 e. The summed E-state index contributed by atoms with van der Waals surface area (Å²) in [5.41, 5.74) is 7.87. The van der Waals surface area contributed by atoms with E-state index in [2.05, 4.69) is 11.6 Å². The van der Waals surface area contributed by atoms with Crippen LogP contribution in [0, 0.1) is 6.92 Å². The first-order chi connectivity index (χ1) is 19.5. The van der Waals surface area contributed by atoms with Crippen LogP contribution in [0.4, 0.5) is 5.69 Å². The molecule has 4 aromatic rings. The first-order valence-corrected chi connectivity index (χ1v) is 12.2. The van der Waals surface area contributed by atoms with Crippen LogP contribution in [-0.2, 0) is 4.79 Å². The van der Waals surface area contributed by atoms with Gasteiger partial charge >= 0.3 is 17.6 Å². The average Bonchev–Trinajstić information content (AvgIpc) is 2.95. The Hall–Kier alpha value is -5.84. The smallest absolute Gasteiger partial charge is 0.335 e. The van der Waals surface area contributed by atoms with Crippen LogP contribution in [0.15, 0.2) is 94.7 Å². The second-order valence-electron chi connectivity index (χ2n) is 9.02. The molecule has 0 aliphatic heterocycles. The molecule has 0 fully saturated rings. The number of aliphatic carboxylic acids is 1. The SMILES string of the molecule is C=C/C(=C\C=C(/C)c1nc(-n2cc(C)c(=O)[nH]c2=O)c(-c2ccc(C(=O)O)cc2)nc1-c1ccc(N)cc1)C(=O)O. The molecule has 2 aromatic heterocycles. The van der Waals surface area contributed by atoms with Crippen LogP contribution in [0.25, 0.3) is 33.9 Å². The molecule has 0 atom stereocenters. The van der Waals surface area contributed by atoms with Gasteiger partial charge in [0.2, 0.25) is 0 Å². The average molecular weight is 552 g/mol. The number of hydrogen-bond acceptors (Lipinski definition) is 7. The molecule has 0 aliphatic rings. The highest BCUT2D eigenvalue weighted by Gasteiger charge is 2.21. The minimum absolute atomic E-state index is 0.0470. The number of aromatic nitrogens is 4. The lowest BCUT2D eigenvalue weighted by Crippen LogP contribution is -2.31. The van der Waals surface area contributed by atoms with E-state index in [4.69, 9.17) is 15.7 Å². The van der Waals surface area contributed by atoms with Crippen LogP contribution < -0.4 is 17.0 Å². The second-order valence-corrected chi connectivity index (χ2v) is 9.02. The molecule has 2 aromatic carbocycles. The first-order valence-electron chi connectivity index (χ1n) is 12.2. The fraction of sp³-hybridized carbons (Fsp3) is 0.0667. The summed E-state index contributed by atoms with van der Waals surface area (Å²) < 4.78 is 1.15. The quantitative estimate of drug-likeness (QED) is 0.144. The number of aromatic amines is 1. The number of rotatable bonds is 8. The number of carboxylic acid groups (broad SMARTS) is 2. The highest BCUT2D eigenvalue weighted by Crippen LogP contribution is 2.33. The van der Waals surface area contributed by atoms with Gasteiger partial charge < -0.3 is 15.9 Å². The Morgan fingerprint density at radius 3 is 2.15 bits per heavy atom. The third kappa shape index (κ3) is 5.93. The van der Waals surface area contributed by atoms with E-state index in [-0.39, 0.29) is 28.2 Å². The predicted molar refractivity (Wildman–Crippen MR) is 155 cm³/mol. The van der Waals surface area contributed by atoms with Crippen LogP contribution in [0.3, 0.4) is 0 Å². The molecule has 0 bridgehead atoms. The summed E-state index contributed by atoms with van der Waals surface area (Å²) in [7, 11) is 0. The number of nitrogens with zero attached hydrogens (tertiary/aromatic N) is 3. The topological polar surface area (TPSA) is 181 Å². The van der Waals surface area contributed by atoms with Gasteiger partial charge in [-0.1, -0.05) is 43.0 Å². The Labute approximate surface area is 233 Å². The van der Waals surface area contributed by atoms with Gasteiger partial charge in [-0.2, -0.15) is 0 Å². The fourth-order valence-electron chi connectivity index (χ4n) is 3.92. The molecule has 0 spiro atoms. The van der Waals surface area contributed by atoms with E-state index in [1.807, 2.05) is 0 Å². The summed E-state index contributed by atoms with van der Waals surface area (Å²) in [6.45, 7) is 6.76. The van der Waals surface area contributed by atoms with Crippen LogP contribution in [0.5, 0.6) is 0 Å². The van der Waals surface area contributed by atoms with E-state index >= 15 is 0 Å². The van der Waals surface area contributed by atoms with Gasteiger partial charge in [0.1, 0.15) is 5.69 Å². The van der Waals surface area contributed by atoms with E-state index in [1.165, 1.54) is 37.4 Å². The number of nitrogens with two attached hydrogens (primary N) is 1. The van der Waals surface area contributed by atoms with Gasteiger partial charge in [0.15, 0.2) is 5.82 Å². The number of aromatic carboxylic acids is 1. The molecule has 41 heavy (non-hydrogen) atoms. The number of nitrogens with one attached hydrogen (secondary N) is 1. The van der Waals surface area contributed by atoms with E-state index in [0.29, 0.717) is 33.8 Å². The summed E-state index contributed by atoms with van der Waals surface area (Å²) in [4.78, 5) is 60.0. The van der Waals surface area contributed by atoms with E-state index in [9.17, 15) is 29.4 Å². The maximum absolute atomic E-state index is 13.0. The molecule has 0 saturated heterocycles. The number of allylic oxidation sites excluding steroid dienone is 3. The number of hydrogen-bond donors (Lipinski definition) is 4. The molecule has 11 heteroatoms. The van der Waals surface area contributed by atoms with Crippen LogP contribution in [0.1, 0.15) is 28.5 Å². The van der Waals surface area contributed by atoms with Crippen LogP contribution in [0.2, 0.25) is 0 Å². The number of benzene rings is 2. The van der Waals surface area contributed by atoms with E-state index in [0.717, 1.165) is 4.57 Å². The molecule has 0 radical (unpaired) electrons. The van der Waals surface area contributed by atoms with E-state index < -0.39 is 23.2 Å². The van der Waals surface area contributed by atoms with Gasteiger partial charge in [0.25, 0.3) is 5.56 Å². The lowest BCUT2D eigenvalue weighted by molar-refractivity contribution is -0.132. The van der Waals surface area contributed by atoms with Crippen molar-refractivity contribution in [2.45, 2.75) is 13.8 Å². The molecule has 206 valence electrons. The van der Waals surface area contributed by atoms with Crippen LogP contribution >= 0.6 is 0 Å². The predicted octanol–water partition coefficient (Wildman–Crippen LogP) is 3.84. The zero-order valence-corrected chi connectivity index (χ0v) is 22.1. The number of nitrogen functional groups attached to an aromatic ring is 1. The Morgan fingerprint density at radius 1 is 0.951 bits per heavy atom. The Morgan fingerprint density at radius 2 is 1.56 bits per heavy atom. The molecular formula is C30H25N5O6. The Bertz CT molecular complexity index is 1860. The van der Waals surface area contributed by atoms with Crippen molar-refractivity contribution in [2.24, 2.45) is 0 Å². The van der Waals surface area contributed by atoms with Gasteiger partial charge in [-0.3, -0.25) is 14.3 Å². The second kappa shape index (κ2) is 11.5. The van der Waals surface area contributed by atoms with Crippen molar-refractivity contribution < 1.29 is 19.8 Å². The minimum atomic E-state index is -1.16. The van der Waals surface area contributed by atoms with Gasteiger partial charge in [-0.05, 0) is 49.8 Å². The first kappa shape index (κ1) is 28.2.